The van der Waals surface area contributed by atoms with Gasteiger partial charge in [0.25, 0.3) is 17.7 Å². The highest BCUT2D eigenvalue weighted by atomic mass is 19.1. The number of nitrogens with one attached hydrogen (secondary N) is 1. The Kier molecular flexibility index (Phi) is 5.17. The number of hydrogen-bond acceptors (Lipinski definition) is 7. The zero-order valence-electron chi connectivity index (χ0n) is 17.6. The molecule has 1 fully saturated rings. The summed E-state index contributed by atoms with van der Waals surface area (Å²) in [6, 6.07) is 8.35. The number of tetrazole rings is 1. The van der Waals surface area contributed by atoms with Gasteiger partial charge in [-0.1, -0.05) is 0 Å². The second-order valence-corrected chi connectivity index (χ2v) is 7.87. The van der Waals surface area contributed by atoms with Crippen LogP contribution in [-0.2, 0) is 4.74 Å². The van der Waals surface area contributed by atoms with Crippen LogP contribution in [0.2, 0.25) is 0 Å². The first-order valence-corrected chi connectivity index (χ1v) is 10.4. The summed E-state index contributed by atoms with van der Waals surface area (Å²) in [6.45, 7) is 2.44. The number of carbonyl (C=O) groups excluding carboxylic acids is 3. The van der Waals surface area contributed by atoms with Gasteiger partial charge in [0.2, 0.25) is 0 Å². The van der Waals surface area contributed by atoms with Crippen molar-refractivity contribution in [2.45, 2.75) is 25.9 Å². The number of ether oxygens (including phenoxy) is 1. The van der Waals surface area contributed by atoms with Crippen LogP contribution in [0.25, 0.3) is 5.69 Å². The highest BCUT2D eigenvalue weighted by Gasteiger charge is 2.38. The molecular formula is C22H19FN6O4. The van der Waals surface area contributed by atoms with Gasteiger partial charge in [0.1, 0.15) is 11.5 Å². The minimum absolute atomic E-state index is 0.0785. The van der Waals surface area contributed by atoms with Gasteiger partial charge in [0.15, 0.2) is 5.82 Å². The van der Waals surface area contributed by atoms with Crippen molar-refractivity contribution in [1.29, 1.82) is 0 Å². The van der Waals surface area contributed by atoms with E-state index in [1.54, 1.807) is 6.92 Å². The van der Waals surface area contributed by atoms with Gasteiger partial charge in [-0.25, -0.2) is 4.39 Å². The normalized spacial score (nSPS) is 17.5. The summed E-state index contributed by atoms with van der Waals surface area (Å²) in [5.41, 5.74) is 1.02. The lowest BCUT2D eigenvalue weighted by atomic mass is 10.1. The van der Waals surface area contributed by atoms with Crippen LogP contribution in [0.15, 0.2) is 36.4 Å². The SMILES string of the molecule is Cc1nnnn1-c1cc(NC(=O)c2ccc3c(c2)C(=O)N(CC2CCCO2)C3=O)ccc1F. The van der Waals surface area contributed by atoms with Crippen molar-refractivity contribution in [3.05, 3.63) is 64.7 Å². The van der Waals surface area contributed by atoms with Gasteiger partial charge in [-0.3, -0.25) is 19.3 Å². The number of halogens is 1. The zero-order valence-corrected chi connectivity index (χ0v) is 17.6. The first-order chi connectivity index (χ1) is 15.9. The molecule has 1 saturated heterocycles. The van der Waals surface area contributed by atoms with E-state index in [2.05, 4.69) is 20.8 Å². The maximum atomic E-state index is 14.3. The van der Waals surface area contributed by atoms with E-state index in [-0.39, 0.29) is 35.0 Å². The maximum absolute atomic E-state index is 14.3. The Morgan fingerprint density at radius 2 is 2.00 bits per heavy atom. The van der Waals surface area contributed by atoms with E-state index >= 15 is 0 Å². The quantitative estimate of drug-likeness (QED) is 0.592. The van der Waals surface area contributed by atoms with Crippen LogP contribution in [0.5, 0.6) is 0 Å². The van der Waals surface area contributed by atoms with Gasteiger partial charge in [0, 0.05) is 17.9 Å². The smallest absolute Gasteiger partial charge is 0.261 e. The highest BCUT2D eigenvalue weighted by Crippen LogP contribution is 2.27. The van der Waals surface area contributed by atoms with E-state index in [0.29, 0.717) is 18.1 Å². The molecule has 3 amide bonds. The van der Waals surface area contributed by atoms with Crippen molar-refractivity contribution in [3.63, 3.8) is 0 Å². The number of hydrogen-bond donors (Lipinski definition) is 1. The molecule has 3 heterocycles. The number of aryl methyl sites for hydroxylation is 1. The molecule has 0 bridgehead atoms. The number of benzene rings is 2. The first-order valence-electron chi connectivity index (χ1n) is 10.4. The van der Waals surface area contributed by atoms with Crippen molar-refractivity contribution >= 4 is 23.4 Å². The van der Waals surface area contributed by atoms with Gasteiger partial charge < -0.3 is 10.1 Å². The summed E-state index contributed by atoms with van der Waals surface area (Å²) in [5, 5.41) is 13.7. The fourth-order valence-electron chi connectivity index (χ4n) is 4.00. The number of amides is 3. The fraction of sp³-hybridized carbons (Fsp3) is 0.273. The molecule has 2 aliphatic heterocycles. The Bertz CT molecular complexity index is 1280. The third-order valence-corrected chi connectivity index (χ3v) is 5.70. The minimum Gasteiger partial charge on any atom is -0.376 e. The Morgan fingerprint density at radius 1 is 1.18 bits per heavy atom. The first kappa shape index (κ1) is 20.9. The van der Waals surface area contributed by atoms with Crippen LogP contribution in [-0.4, -0.2) is 62.1 Å². The number of nitrogens with zero attached hydrogens (tertiary/aromatic N) is 5. The van der Waals surface area contributed by atoms with Gasteiger partial charge in [-0.15, -0.1) is 5.10 Å². The summed E-state index contributed by atoms with van der Waals surface area (Å²) < 4.78 is 21.0. The molecule has 0 radical (unpaired) electrons. The van der Waals surface area contributed by atoms with Crippen molar-refractivity contribution in [3.8, 4) is 5.69 Å². The lowest BCUT2D eigenvalue weighted by Gasteiger charge is -2.17. The van der Waals surface area contributed by atoms with Crippen molar-refractivity contribution in [1.82, 2.24) is 25.1 Å². The number of aromatic nitrogens is 4. The fourth-order valence-corrected chi connectivity index (χ4v) is 4.00. The second kappa shape index (κ2) is 8.17. The van der Waals surface area contributed by atoms with E-state index < -0.39 is 23.5 Å². The van der Waals surface area contributed by atoms with Crippen LogP contribution in [0.3, 0.4) is 0 Å². The average Bonchev–Trinajstić information content (AvgIpc) is 3.53. The van der Waals surface area contributed by atoms with E-state index in [1.165, 1.54) is 46.0 Å². The Labute approximate surface area is 187 Å². The number of fused-ring (bicyclic) bond motifs is 1. The molecule has 168 valence electrons. The monoisotopic (exact) mass is 450 g/mol. The Balaban J connectivity index is 1.36. The molecule has 1 unspecified atom stereocenters. The molecule has 0 saturated carbocycles. The molecule has 11 heteroatoms. The summed E-state index contributed by atoms with van der Waals surface area (Å²) in [6.07, 6.45) is 1.53. The predicted molar refractivity (Wildman–Crippen MR) is 113 cm³/mol. The topological polar surface area (TPSA) is 119 Å². The molecule has 0 aliphatic carbocycles. The van der Waals surface area contributed by atoms with Crippen LogP contribution in [0.4, 0.5) is 10.1 Å². The van der Waals surface area contributed by atoms with Crippen molar-refractivity contribution in [2.24, 2.45) is 0 Å². The van der Waals surface area contributed by atoms with Crippen molar-refractivity contribution < 1.29 is 23.5 Å². The summed E-state index contributed by atoms with van der Waals surface area (Å²) >= 11 is 0. The molecule has 2 aliphatic rings. The predicted octanol–water partition coefficient (Wildman–Crippen LogP) is 2.14. The number of carbonyl (C=O) groups is 3. The molecule has 2 aromatic carbocycles. The number of anilines is 1. The third-order valence-electron chi connectivity index (χ3n) is 5.70. The molecule has 1 N–H and O–H groups in total. The second-order valence-electron chi connectivity index (χ2n) is 7.87. The van der Waals surface area contributed by atoms with E-state index in [0.717, 1.165) is 12.8 Å². The van der Waals surface area contributed by atoms with E-state index in [4.69, 9.17) is 4.74 Å². The molecule has 1 aromatic heterocycles. The molecule has 0 spiro atoms. The molecular weight excluding hydrogens is 431 g/mol. The van der Waals surface area contributed by atoms with Crippen LogP contribution >= 0.6 is 0 Å². The van der Waals surface area contributed by atoms with Crippen molar-refractivity contribution in [2.75, 3.05) is 18.5 Å². The third kappa shape index (κ3) is 3.76. The van der Waals surface area contributed by atoms with Crippen LogP contribution in [0.1, 0.15) is 49.7 Å². The number of rotatable bonds is 5. The maximum Gasteiger partial charge on any atom is 0.261 e. The molecule has 10 nitrogen and oxygen atoms in total. The largest absolute Gasteiger partial charge is 0.376 e. The highest BCUT2D eigenvalue weighted by molar-refractivity contribution is 6.22. The Morgan fingerprint density at radius 3 is 2.73 bits per heavy atom. The standard InChI is InChI=1S/C22H19FN6O4/c1-12-25-26-27-29(12)19-10-14(5-7-18(19)23)24-20(30)13-4-6-16-17(9-13)22(32)28(21(16)31)11-15-3-2-8-33-15/h4-7,9-10,15H,2-3,8,11H2,1H3,(H,24,30). The molecule has 1 atom stereocenters. The zero-order chi connectivity index (χ0) is 23.1. The van der Waals surface area contributed by atoms with Gasteiger partial charge in [-0.2, -0.15) is 4.68 Å². The van der Waals surface area contributed by atoms with E-state index in [1.807, 2.05) is 0 Å². The molecule has 3 aromatic rings. The average molecular weight is 450 g/mol. The summed E-state index contributed by atoms with van der Waals surface area (Å²) in [7, 11) is 0. The summed E-state index contributed by atoms with van der Waals surface area (Å²) in [5.74, 6) is -1.53. The molecule has 5 rings (SSSR count). The number of imide groups is 1. The van der Waals surface area contributed by atoms with Gasteiger partial charge in [0.05, 0.1) is 23.8 Å². The lowest BCUT2D eigenvalue weighted by Crippen LogP contribution is -2.36. The lowest BCUT2D eigenvalue weighted by molar-refractivity contribution is 0.0475. The van der Waals surface area contributed by atoms with E-state index in [9.17, 15) is 18.8 Å². The minimum atomic E-state index is -0.559. The van der Waals surface area contributed by atoms with Crippen LogP contribution in [0, 0.1) is 12.7 Å². The summed E-state index contributed by atoms with van der Waals surface area (Å²) in [4.78, 5) is 39.5. The van der Waals surface area contributed by atoms with Crippen LogP contribution < -0.4 is 5.32 Å². The van der Waals surface area contributed by atoms with Gasteiger partial charge in [-0.05, 0) is 66.6 Å². The molecule has 33 heavy (non-hydrogen) atoms. The van der Waals surface area contributed by atoms with Gasteiger partial charge >= 0.3 is 0 Å². The Hall–Kier alpha value is -3.99.